The molecule has 3 amide bonds. The second-order valence-electron chi connectivity index (χ2n) is 6.14. The number of amides is 3. The molecule has 0 aromatic heterocycles. The lowest BCUT2D eigenvalue weighted by atomic mass is 9.85. The smallest absolute Gasteiger partial charge is 0.317 e. The van der Waals surface area contributed by atoms with E-state index < -0.39 is 23.5 Å². The van der Waals surface area contributed by atoms with Crippen molar-refractivity contribution in [3.8, 4) is 0 Å². The number of halogens is 3. The van der Waals surface area contributed by atoms with Gasteiger partial charge in [0.1, 0.15) is 0 Å². The molecule has 132 valence electrons. The molecule has 0 aliphatic heterocycles. The fourth-order valence-corrected chi connectivity index (χ4v) is 2.91. The molecule has 1 fully saturated rings. The van der Waals surface area contributed by atoms with Crippen molar-refractivity contribution in [1.29, 1.82) is 0 Å². The minimum absolute atomic E-state index is 0.0775. The molecule has 2 atom stereocenters. The molecule has 1 aromatic carbocycles. The van der Waals surface area contributed by atoms with Gasteiger partial charge in [0.2, 0.25) is 5.91 Å². The van der Waals surface area contributed by atoms with Crippen LogP contribution in [0.25, 0.3) is 0 Å². The summed E-state index contributed by atoms with van der Waals surface area (Å²) < 4.78 is 39.3. The second kappa shape index (κ2) is 7.55. The second-order valence-corrected chi connectivity index (χ2v) is 6.14. The van der Waals surface area contributed by atoms with Gasteiger partial charge in [0.05, 0.1) is 0 Å². The monoisotopic (exact) mass is 343 g/mol. The van der Waals surface area contributed by atoms with Gasteiger partial charge in [0.15, 0.2) is 17.5 Å². The summed E-state index contributed by atoms with van der Waals surface area (Å²) in [5, 5.41) is 2.78. The largest absolute Gasteiger partial charge is 0.369 e. The van der Waals surface area contributed by atoms with Crippen molar-refractivity contribution >= 4 is 11.9 Å². The Hall–Kier alpha value is -2.25. The highest BCUT2D eigenvalue weighted by Gasteiger charge is 2.27. The minimum atomic E-state index is -1.54. The number of rotatable bonds is 4. The molecule has 1 aromatic rings. The molecule has 0 unspecified atom stereocenters. The molecule has 5 nitrogen and oxygen atoms in total. The van der Waals surface area contributed by atoms with E-state index >= 15 is 0 Å². The first-order valence-electron chi connectivity index (χ1n) is 7.72. The molecule has 0 heterocycles. The Bertz CT molecular complexity index is 616. The highest BCUT2D eigenvalue weighted by Crippen LogP contribution is 2.24. The lowest BCUT2D eigenvalue weighted by Gasteiger charge is -2.29. The van der Waals surface area contributed by atoms with Crippen molar-refractivity contribution in [2.45, 2.75) is 38.3 Å². The predicted octanol–water partition coefficient (Wildman–Crippen LogP) is 2.29. The van der Waals surface area contributed by atoms with Crippen LogP contribution in [0, 0.1) is 23.4 Å². The summed E-state index contributed by atoms with van der Waals surface area (Å²) in [5.41, 5.74) is 5.44. The van der Waals surface area contributed by atoms with Crippen LogP contribution in [0.5, 0.6) is 0 Å². The summed E-state index contributed by atoms with van der Waals surface area (Å²) in [7, 11) is 1.46. The molecule has 0 radical (unpaired) electrons. The van der Waals surface area contributed by atoms with E-state index in [0.29, 0.717) is 12.8 Å². The van der Waals surface area contributed by atoms with Crippen LogP contribution < -0.4 is 11.1 Å². The Balaban J connectivity index is 1.94. The standard InChI is InChI=1S/C16H20F3N3O2/c1-22(8-9-5-12(17)14(19)13(18)6-9)16(24)21-11-4-2-3-10(7-11)15(20)23/h5-6,10-11H,2-4,7-8H2,1H3,(H2,20,23)(H,21,24)/t10-,11+/m0/s1. The van der Waals surface area contributed by atoms with Crippen molar-refractivity contribution in [3.05, 3.63) is 35.1 Å². The van der Waals surface area contributed by atoms with Crippen molar-refractivity contribution < 1.29 is 22.8 Å². The number of benzene rings is 1. The van der Waals surface area contributed by atoms with Gasteiger partial charge in [0.25, 0.3) is 0 Å². The summed E-state index contributed by atoms with van der Waals surface area (Å²) in [6, 6.07) is 1.10. The summed E-state index contributed by atoms with van der Waals surface area (Å²) >= 11 is 0. The Morgan fingerprint density at radius 3 is 2.46 bits per heavy atom. The SMILES string of the molecule is CN(Cc1cc(F)c(F)c(F)c1)C(=O)N[C@@H]1CCC[C@H](C(N)=O)C1. The van der Waals surface area contributed by atoms with Crippen LogP contribution in [0.1, 0.15) is 31.2 Å². The molecule has 1 aliphatic rings. The van der Waals surface area contributed by atoms with Gasteiger partial charge in [-0.25, -0.2) is 18.0 Å². The first-order chi connectivity index (χ1) is 11.3. The third-order valence-corrected chi connectivity index (χ3v) is 4.21. The molecule has 8 heteroatoms. The number of primary amides is 1. The van der Waals surface area contributed by atoms with Gasteiger partial charge in [-0.05, 0) is 37.0 Å². The highest BCUT2D eigenvalue weighted by molar-refractivity contribution is 5.77. The van der Waals surface area contributed by atoms with E-state index in [9.17, 15) is 22.8 Å². The van der Waals surface area contributed by atoms with Gasteiger partial charge in [0, 0.05) is 25.6 Å². The van der Waals surface area contributed by atoms with Crippen LogP contribution in [-0.4, -0.2) is 29.9 Å². The number of nitrogens with zero attached hydrogens (tertiary/aromatic N) is 1. The summed E-state index contributed by atoms with van der Waals surface area (Å²) in [6.45, 7) is -0.0775. The zero-order valence-corrected chi connectivity index (χ0v) is 13.3. The van der Waals surface area contributed by atoms with Gasteiger partial charge in [-0.15, -0.1) is 0 Å². The fourth-order valence-electron chi connectivity index (χ4n) is 2.91. The van der Waals surface area contributed by atoms with Crippen LogP contribution in [0.2, 0.25) is 0 Å². The Kier molecular flexibility index (Phi) is 5.69. The van der Waals surface area contributed by atoms with Gasteiger partial charge in [-0.3, -0.25) is 4.79 Å². The van der Waals surface area contributed by atoms with Crippen molar-refractivity contribution in [3.63, 3.8) is 0 Å². The first kappa shape index (κ1) is 18.1. The van der Waals surface area contributed by atoms with Crippen LogP contribution in [0.15, 0.2) is 12.1 Å². The quantitative estimate of drug-likeness (QED) is 0.823. The van der Waals surface area contributed by atoms with Crippen LogP contribution in [-0.2, 0) is 11.3 Å². The van der Waals surface area contributed by atoms with E-state index in [4.69, 9.17) is 5.73 Å². The number of nitrogens with two attached hydrogens (primary N) is 1. The van der Waals surface area contributed by atoms with Gasteiger partial charge in [-0.1, -0.05) is 6.42 Å². The summed E-state index contributed by atoms with van der Waals surface area (Å²) in [4.78, 5) is 24.7. The highest BCUT2D eigenvalue weighted by atomic mass is 19.2. The minimum Gasteiger partial charge on any atom is -0.369 e. The van der Waals surface area contributed by atoms with Gasteiger partial charge < -0.3 is 16.0 Å². The number of carbonyl (C=O) groups is 2. The zero-order valence-electron chi connectivity index (χ0n) is 13.3. The van der Waals surface area contributed by atoms with Gasteiger partial charge in [-0.2, -0.15) is 0 Å². The fraction of sp³-hybridized carbons (Fsp3) is 0.500. The average molecular weight is 343 g/mol. The molecule has 0 bridgehead atoms. The maximum absolute atomic E-state index is 13.2. The van der Waals surface area contributed by atoms with E-state index in [0.717, 1.165) is 25.0 Å². The van der Waals surface area contributed by atoms with E-state index in [1.807, 2.05) is 0 Å². The third-order valence-electron chi connectivity index (χ3n) is 4.21. The lowest BCUT2D eigenvalue weighted by molar-refractivity contribution is -0.122. The van der Waals surface area contributed by atoms with E-state index in [-0.39, 0.29) is 30.0 Å². The normalized spacial score (nSPS) is 20.5. The molecular weight excluding hydrogens is 323 g/mol. The molecule has 0 spiro atoms. The maximum atomic E-state index is 13.2. The molecule has 24 heavy (non-hydrogen) atoms. The number of nitrogens with one attached hydrogen (secondary N) is 1. The van der Waals surface area contributed by atoms with E-state index in [1.165, 1.54) is 11.9 Å². The van der Waals surface area contributed by atoms with E-state index in [1.54, 1.807) is 0 Å². The predicted molar refractivity (Wildman–Crippen MR) is 81.3 cm³/mol. The van der Waals surface area contributed by atoms with Crippen LogP contribution in [0.3, 0.4) is 0 Å². The van der Waals surface area contributed by atoms with Crippen molar-refractivity contribution in [2.24, 2.45) is 11.7 Å². The molecule has 3 N–H and O–H groups in total. The number of urea groups is 1. The lowest BCUT2D eigenvalue weighted by Crippen LogP contribution is -2.46. The summed E-state index contributed by atoms with van der Waals surface area (Å²) in [6.07, 6.45) is 2.72. The molecule has 1 aliphatic carbocycles. The molecule has 0 saturated heterocycles. The van der Waals surface area contributed by atoms with Crippen LogP contribution in [0.4, 0.5) is 18.0 Å². The molecule has 2 rings (SSSR count). The summed E-state index contributed by atoms with van der Waals surface area (Å²) in [5.74, 6) is -4.76. The third kappa shape index (κ3) is 4.39. The molecule has 1 saturated carbocycles. The Morgan fingerprint density at radius 1 is 1.25 bits per heavy atom. The van der Waals surface area contributed by atoms with Crippen LogP contribution >= 0.6 is 0 Å². The number of hydrogen-bond acceptors (Lipinski definition) is 2. The van der Waals surface area contributed by atoms with Crippen molar-refractivity contribution in [1.82, 2.24) is 10.2 Å². The Labute approximate surface area is 138 Å². The van der Waals surface area contributed by atoms with E-state index in [2.05, 4.69) is 5.32 Å². The Morgan fingerprint density at radius 2 is 1.88 bits per heavy atom. The zero-order chi connectivity index (χ0) is 17.9. The topological polar surface area (TPSA) is 75.4 Å². The first-order valence-corrected chi connectivity index (χ1v) is 7.72. The maximum Gasteiger partial charge on any atom is 0.317 e. The van der Waals surface area contributed by atoms with Gasteiger partial charge >= 0.3 is 6.03 Å². The average Bonchev–Trinajstić information content (AvgIpc) is 2.52. The van der Waals surface area contributed by atoms with Crippen molar-refractivity contribution in [2.75, 3.05) is 7.05 Å². The molecular formula is C16H20F3N3O2. The number of carbonyl (C=O) groups excluding carboxylic acids is 2. The number of hydrogen-bond donors (Lipinski definition) is 2.